The van der Waals surface area contributed by atoms with Crippen LogP contribution >= 0.6 is 0 Å². The van der Waals surface area contributed by atoms with Gasteiger partial charge in [-0.25, -0.2) is 0 Å². The summed E-state index contributed by atoms with van der Waals surface area (Å²) in [5.74, 6) is 0.550. The molecule has 100 valence electrons. The normalized spacial score (nSPS) is 12.4. The minimum absolute atomic E-state index is 0.00128. The van der Waals surface area contributed by atoms with Crippen molar-refractivity contribution in [2.75, 3.05) is 0 Å². The lowest BCUT2D eigenvalue weighted by molar-refractivity contribution is -0.149. The van der Waals surface area contributed by atoms with Gasteiger partial charge in [-0.3, -0.25) is 4.79 Å². The first kappa shape index (κ1) is 14.7. The van der Waals surface area contributed by atoms with Gasteiger partial charge < -0.3 is 4.74 Å². The Balaban J connectivity index is 2.36. The Morgan fingerprint density at radius 2 is 1.78 bits per heavy atom. The second kappa shape index (κ2) is 7.91. The Morgan fingerprint density at radius 1 is 1.17 bits per heavy atom. The maximum Gasteiger partial charge on any atom is 0.308 e. The molecule has 1 aromatic rings. The summed E-state index contributed by atoms with van der Waals surface area (Å²) in [6.07, 6.45) is 3.19. The van der Waals surface area contributed by atoms with Crippen molar-refractivity contribution in [1.82, 2.24) is 0 Å². The van der Waals surface area contributed by atoms with Crippen LogP contribution in [0.25, 0.3) is 0 Å². The zero-order valence-electron chi connectivity index (χ0n) is 11.7. The highest BCUT2D eigenvalue weighted by Crippen LogP contribution is 2.20. The van der Waals surface area contributed by atoms with Crippen molar-refractivity contribution in [3.05, 3.63) is 35.9 Å². The fourth-order valence-corrected chi connectivity index (χ4v) is 2.09. The zero-order valence-corrected chi connectivity index (χ0v) is 11.7. The van der Waals surface area contributed by atoms with Crippen LogP contribution < -0.4 is 0 Å². The van der Waals surface area contributed by atoms with Crippen molar-refractivity contribution >= 4 is 5.97 Å². The van der Waals surface area contributed by atoms with E-state index in [4.69, 9.17) is 4.74 Å². The van der Waals surface area contributed by atoms with Gasteiger partial charge in [0.1, 0.15) is 6.61 Å². The van der Waals surface area contributed by atoms with Gasteiger partial charge in [0.25, 0.3) is 0 Å². The van der Waals surface area contributed by atoms with Gasteiger partial charge in [0, 0.05) is 0 Å². The number of carbonyl (C=O) groups excluding carboxylic acids is 1. The minimum Gasteiger partial charge on any atom is -0.461 e. The van der Waals surface area contributed by atoms with Crippen molar-refractivity contribution in [3.8, 4) is 0 Å². The largest absolute Gasteiger partial charge is 0.461 e. The molecule has 2 heteroatoms. The summed E-state index contributed by atoms with van der Waals surface area (Å²) in [7, 11) is 0. The van der Waals surface area contributed by atoms with E-state index in [1.54, 1.807) is 0 Å². The maximum absolute atomic E-state index is 11.9. The molecule has 18 heavy (non-hydrogen) atoms. The Labute approximate surface area is 110 Å². The molecule has 2 nitrogen and oxygen atoms in total. The second-order valence-electron chi connectivity index (χ2n) is 4.91. The van der Waals surface area contributed by atoms with Crippen molar-refractivity contribution in [1.29, 1.82) is 0 Å². The topological polar surface area (TPSA) is 26.3 Å². The summed E-state index contributed by atoms with van der Waals surface area (Å²) in [5.41, 5.74) is 1.04. The first-order chi connectivity index (χ1) is 8.67. The number of carbonyl (C=O) groups is 1. The molecule has 0 bridgehead atoms. The van der Waals surface area contributed by atoms with Crippen molar-refractivity contribution < 1.29 is 9.53 Å². The molecule has 0 saturated heterocycles. The average Bonchev–Trinajstić information content (AvgIpc) is 2.42. The first-order valence-electron chi connectivity index (χ1n) is 6.87. The molecule has 0 aliphatic carbocycles. The second-order valence-corrected chi connectivity index (χ2v) is 4.91. The van der Waals surface area contributed by atoms with E-state index in [0.29, 0.717) is 12.5 Å². The molecular formula is C16H24O2. The van der Waals surface area contributed by atoms with Crippen LogP contribution in [0, 0.1) is 11.8 Å². The molecule has 1 unspecified atom stereocenters. The van der Waals surface area contributed by atoms with Gasteiger partial charge in [-0.05, 0) is 17.9 Å². The number of benzene rings is 1. The van der Waals surface area contributed by atoms with E-state index in [1.807, 2.05) is 37.3 Å². The molecule has 0 heterocycles. The molecule has 1 atom stereocenters. The van der Waals surface area contributed by atoms with Gasteiger partial charge in [0.15, 0.2) is 0 Å². The van der Waals surface area contributed by atoms with E-state index < -0.39 is 0 Å². The van der Waals surface area contributed by atoms with E-state index in [9.17, 15) is 4.79 Å². The third-order valence-corrected chi connectivity index (χ3v) is 3.47. The third-order valence-electron chi connectivity index (χ3n) is 3.47. The van der Waals surface area contributed by atoms with Crippen LogP contribution in [-0.2, 0) is 16.1 Å². The van der Waals surface area contributed by atoms with Crippen molar-refractivity contribution in [2.45, 2.75) is 46.6 Å². The summed E-state index contributed by atoms with van der Waals surface area (Å²) in [5, 5.41) is 0. The smallest absolute Gasteiger partial charge is 0.308 e. The Hall–Kier alpha value is -1.31. The molecule has 0 aliphatic heterocycles. The van der Waals surface area contributed by atoms with Gasteiger partial charge >= 0.3 is 5.97 Å². The number of hydrogen-bond donors (Lipinski definition) is 0. The average molecular weight is 248 g/mol. The standard InChI is InChI=1S/C16H24O2/c1-4-14(5-2)11-13(3)16(17)18-12-15-9-7-6-8-10-15/h6-10,13-14H,4-5,11-12H2,1-3H3. The van der Waals surface area contributed by atoms with E-state index in [-0.39, 0.29) is 11.9 Å². The summed E-state index contributed by atoms with van der Waals surface area (Å²) in [6, 6.07) is 9.81. The van der Waals surface area contributed by atoms with E-state index >= 15 is 0 Å². The third kappa shape index (κ3) is 4.91. The zero-order chi connectivity index (χ0) is 13.4. The highest BCUT2D eigenvalue weighted by atomic mass is 16.5. The summed E-state index contributed by atoms with van der Waals surface area (Å²) in [4.78, 5) is 11.9. The van der Waals surface area contributed by atoms with Crippen LogP contribution in [0.3, 0.4) is 0 Å². The predicted molar refractivity (Wildman–Crippen MR) is 74.1 cm³/mol. The Bertz CT molecular complexity index is 341. The van der Waals surface area contributed by atoms with Crippen molar-refractivity contribution in [2.24, 2.45) is 11.8 Å². The number of ether oxygens (including phenoxy) is 1. The van der Waals surface area contributed by atoms with E-state index in [1.165, 1.54) is 0 Å². The monoisotopic (exact) mass is 248 g/mol. The molecule has 0 aliphatic rings. The lowest BCUT2D eigenvalue weighted by Gasteiger charge is -2.17. The fourth-order valence-electron chi connectivity index (χ4n) is 2.09. The van der Waals surface area contributed by atoms with E-state index in [0.717, 1.165) is 24.8 Å². The van der Waals surface area contributed by atoms with Crippen LogP contribution in [0.5, 0.6) is 0 Å². The molecule has 0 fully saturated rings. The number of esters is 1. The van der Waals surface area contributed by atoms with E-state index in [2.05, 4.69) is 13.8 Å². The summed E-state index contributed by atoms with van der Waals surface area (Å²) in [6.45, 7) is 6.70. The van der Waals surface area contributed by atoms with Gasteiger partial charge in [0.2, 0.25) is 0 Å². The SMILES string of the molecule is CCC(CC)CC(C)C(=O)OCc1ccccc1. The predicted octanol–water partition coefficient (Wildman–Crippen LogP) is 4.19. The summed E-state index contributed by atoms with van der Waals surface area (Å²) >= 11 is 0. The van der Waals surface area contributed by atoms with Gasteiger partial charge in [-0.2, -0.15) is 0 Å². The minimum atomic E-state index is -0.0780. The first-order valence-corrected chi connectivity index (χ1v) is 6.87. The quantitative estimate of drug-likeness (QED) is 0.676. The Morgan fingerprint density at radius 3 is 2.33 bits per heavy atom. The summed E-state index contributed by atoms with van der Waals surface area (Å²) < 4.78 is 5.34. The molecule has 1 rings (SSSR count). The van der Waals surface area contributed by atoms with Crippen LogP contribution in [0.2, 0.25) is 0 Å². The molecule has 0 amide bonds. The lowest BCUT2D eigenvalue weighted by atomic mass is 9.92. The molecule has 0 radical (unpaired) electrons. The molecule has 0 aromatic heterocycles. The number of hydrogen-bond acceptors (Lipinski definition) is 2. The molecular weight excluding hydrogens is 224 g/mol. The van der Waals surface area contributed by atoms with Crippen LogP contribution in [-0.4, -0.2) is 5.97 Å². The van der Waals surface area contributed by atoms with Gasteiger partial charge in [0.05, 0.1) is 5.92 Å². The molecule has 0 saturated carbocycles. The van der Waals surface area contributed by atoms with Crippen LogP contribution in [0.15, 0.2) is 30.3 Å². The maximum atomic E-state index is 11.9. The Kier molecular flexibility index (Phi) is 6.48. The van der Waals surface area contributed by atoms with Gasteiger partial charge in [-0.15, -0.1) is 0 Å². The highest BCUT2D eigenvalue weighted by molar-refractivity contribution is 5.71. The molecule has 0 N–H and O–H groups in total. The fraction of sp³-hybridized carbons (Fsp3) is 0.562. The van der Waals surface area contributed by atoms with Crippen LogP contribution in [0.1, 0.15) is 45.6 Å². The number of rotatable bonds is 7. The van der Waals surface area contributed by atoms with Crippen molar-refractivity contribution in [3.63, 3.8) is 0 Å². The lowest BCUT2D eigenvalue weighted by Crippen LogP contribution is -2.17. The van der Waals surface area contributed by atoms with Gasteiger partial charge in [-0.1, -0.05) is 63.9 Å². The van der Waals surface area contributed by atoms with Crippen LogP contribution in [0.4, 0.5) is 0 Å². The molecule has 0 spiro atoms. The molecule has 1 aromatic carbocycles. The highest BCUT2D eigenvalue weighted by Gasteiger charge is 2.18.